The van der Waals surface area contributed by atoms with E-state index in [1.165, 1.54) is 18.6 Å². The van der Waals surface area contributed by atoms with E-state index in [2.05, 4.69) is 4.90 Å². The maximum atomic E-state index is 13.3. The molecule has 2 nitrogen and oxygen atoms in total. The molecule has 3 atom stereocenters. The quantitative estimate of drug-likeness (QED) is 0.923. The molecular formula is C17H23F2NO. The van der Waals surface area contributed by atoms with E-state index >= 15 is 0 Å². The van der Waals surface area contributed by atoms with Crippen LogP contribution in [0.2, 0.25) is 0 Å². The number of aliphatic hydroxyl groups excluding tert-OH is 1. The molecule has 116 valence electrons. The van der Waals surface area contributed by atoms with E-state index in [4.69, 9.17) is 0 Å². The molecule has 1 aromatic carbocycles. The summed E-state index contributed by atoms with van der Waals surface area (Å²) in [5, 5.41) is 10.2. The Morgan fingerprint density at radius 2 is 1.76 bits per heavy atom. The monoisotopic (exact) mass is 295 g/mol. The highest BCUT2D eigenvalue weighted by Gasteiger charge is 2.36. The summed E-state index contributed by atoms with van der Waals surface area (Å²) in [6.45, 7) is 1.52. The number of rotatable bonds is 3. The largest absolute Gasteiger partial charge is 0.393 e. The molecule has 21 heavy (non-hydrogen) atoms. The van der Waals surface area contributed by atoms with Crippen LogP contribution in [0.15, 0.2) is 18.2 Å². The minimum Gasteiger partial charge on any atom is -0.393 e. The number of aliphatic hydroxyl groups is 1. The molecular weight excluding hydrogens is 272 g/mol. The smallest absolute Gasteiger partial charge is 0.126 e. The molecule has 2 aliphatic rings. The first kappa shape index (κ1) is 14.9. The fourth-order valence-corrected chi connectivity index (χ4v) is 4.05. The van der Waals surface area contributed by atoms with Crippen molar-refractivity contribution in [2.45, 2.75) is 57.2 Å². The van der Waals surface area contributed by atoms with Crippen molar-refractivity contribution in [3.05, 3.63) is 35.4 Å². The van der Waals surface area contributed by atoms with E-state index < -0.39 is 11.6 Å². The second-order valence-electron chi connectivity index (χ2n) is 6.47. The highest BCUT2D eigenvalue weighted by molar-refractivity contribution is 5.18. The molecule has 1 aliphatic heterocycles. The van der Waals surface area contributed by atoms with Crippen LogP contribution in [-0.2, 0) is 6.54 Å². The molecule has 4 heteroatoms. The first-order valence-electron chi connectivity index (χ1n) is 8.00. The van der Waals surface area contributed by atoms with Gasteiger partial charge in [0.1, 0.15) is 11.6 Å². The van der Waals surface area contributed by atoms with Gasteiger partial charge in [-0.1, -0.05) is 12.8 Å². The summed E-state index contributed by atoms with van der Waals surface area (Å²) in [6, 6.07) is 4.10. The molecule has 0 aromatic heterocycles. The van der Waals surface area contributed by atoms with E-state index in [0.29, 0.717) is 24.1 Å². The van der Waals surface area contributed by atoms with Gasteiger partial charge in [-0.25, -0.2) is 8.78 Å². The lowest BCUT2D eigenvalue weighted by atomic mass is 9.87. The number of likely N-dealkylation sites (tertiary alicyclic amines) is 1. The molecule has 0 bridgehead atoms. The Labute approximate surface area is 124 Å². The molecule has 0 spiro atoms. The van der Waals surface area contributed by atoms with Crippen LogP contribution in [0.25, 0.3) is 0 Å². The maximum absolute atomic E-state index is 13.3. The summed E-state index contributed by atoms with van der Waals surface area (Å²) in [5.41, 5.74) is 0.687. The summed E-state index contributed by atoms with van der Waals surface area (Å²) >= 11 is 0. The Morgan fingerprint density at radius 3 is 2.43 bits per heavy atom. The van der Waals surface area contributed by atoms with Gasteiger partial charge in [-0.3, -0.25) is 4.90 Å². The predicted molar refractivity (Wildman–Crippen MR) is 77.8 cm³/mol. The number of halogens is 2. The maximum Gasteiger partial charge on any atom is 0.126 e. The van der Waals surface area contributed by atoms with Crippen molar-refractivity contribution in [1.82, 2.24) is 4.90 Å². The van der Waals surface area contributed by atoms with Gasteiger partial charge in [0, 0.05) is 24.6 Å². The van der Waals surface area contributed by atoms with Crippen molar-refractivity contribution in [3.63, 3.8) is 0 Å². The molecule has 1 aliphatic carbocycles. The summed E-state index contributed by atoms with van der Waals surface area (Å²) in [7, 11) is 0. The van der Waals surface area contributed by atoms with Gasteiger partial charge in [-0.05, 0) is 49.9 Å². The Kier molecular flexibility index (Phi) is 4.55. The molecule has 3 unspecified atom stereocenters. The Balaban J connectivity index is 1.74. The first-order chi connectivity index (χ1) is 10.1. The van der Waals surface area contributed by atoms with Gasteiger partial charge < -0.3 is 5.11 Å². The van der Waals surface area contributed by atoms with Crippen LogP contribution in [0.1, 0.15) is 44.1 Å². The molecule has 0 radical (unpaired) electrons. The number of hydrogen-bond donors (Lipinski definition) is 1. The lowest BCUT2D eigenvalue weighted by molar-refractivity contribution is 0.0312. The van der Waals surface area contributed by atoms with Gasteiger partial charge in [-0.15, -0.1) is 0 Å². The summed E-state index contributed by atoms with van der Waals surface area (Å²) in [5.74, 6) is -0.706. The van der Waals surface area contributed by atoms with Crippen LogP contribution in [0.4, 0.5) is 8.78 Å². The number of hydrogen-bond acceptors (Lipinski definition) is 2. The van der Waals surface area contributed by atoms with E-state index in [0.717, 1.165) is 44.7 Å². The Hall–Kier alpha value is -1.00. The van der Waals surface area contributed by atoms with Crippen molar-refractivity contribution >= 4 is 0 Å². The number of piperidine rings is 1. The third-order valence-corrected chi connectivity index (χ3v) is 5.00. The molecule has 1 heterocycles. The molecule has 1 aromatic rings. The average molecular weight is 295 g/mol. The molecule has 1 saturated heterocycles. The SMILES string of the molecule is OC1CCCC1C1CCCCN1Cc1cc(F)cc(F)c1. The zero-order valence-electron chi connectivity index (χ0n) is 12.3. The zero-order valence-corrected chi connectivity index (χ0v) is 12.3. The minimum absolute atomic E-state index is 0.208. The lowest BCUT2D eigenvalue weighted by Crippen LogP contribution is -2.45. The van der Waals surface area contributed by atoms with Gasteiger partial charge in [0.05, 0.1) is 6.10 Å². The molecule has 2 fully saturated rings. The molecule has 0 amide bonds. The van der Waals surface area contributed by atoms with Gasteiger partial charge in [0.2, 0.25) is 0 Å². The Morgan fingerprint density at radius 1 is 1.00 bits per heavy atom. The molecule has 3 rings (SSSR count). The van der Waals surface area contributed by atoms with Gasteiger partial charge >= 0.3 is 0 Å². The average Bonchev–Trinajstić information content (AvgIpc) is 2.84. The fourth-order valence-electron chi connectivity index (χ4n) is 4.05. The normalized spacial score (nSPS) is 30.7. The van der Waals surface area contributed by atoms with Gasteiger partial charge in [-0.2, -0.15) is 0 Å². The second kappa shape index (κ2) is 6.41. The van der Waals surface area contributed by atoms with Crippen molar-refractivity contribution < 1.29 is 13.9 Å². The second-order valence-corrected chi connectivity index (χ2v) is 6.47. The summed E-state index contributed by atoms with van der Waals surface area (Å²) in [4.78, 5) is 2.32. The topological polar surface area (TPSA) is 23.5 Å². The highest BCUT2D eigenvalue weighted by atomic mass is 19.1. The van der Waals surface area contributed by atoms with Gasteiger partial charge in [0.15, 0.2) is 0 Å². The Bertz CT molecular complexity index is 473. The molecule has 1 saturated carbocycles. The van der Waals surface area contributed by atoms with Crippen LogP contribution < -0.4 is 0 Å². The van der Waals surface area contributed by atoms with Crippen LogP contribution in [0.5, 0.6) is 0 Å². The first-order valence-corrected chi connectivity index (χ1v) is 8.00. The van der Waals surface area contributed by atoms with Crippen LogP contribution in [0, 0.1) is 17.6 Å². The predicted octanol–water partition coefficient (Wildman–Crippen LogP) is 3.48. The van der Waals surface area contributed by atoms with Crippen molar-refractivity contribution in [2.75, 3.05) is 6.54 Å². The zero-order chi connectivity index (χ0) is 14.8. The van der Waals surface area contributed by atoms with Crippen molar-refractivity contribution in [1.29, 1.82) is 0 Å². The number of nitrogens with zero attached hydrogens (tertiary/aromatic N) is 1. The highest BCUT2D eigenvalue weighted by Crippen LogP contribution is 2.35. The van der Waals surface area contributed by atoms with E-state index in [1.807, 2.05) is 0 Å². The van der Waals surface area contributed by atoms with Crippen LogP contribution in [-0.4, -0.2) is 28.7 Å². The standard InChI is InChI=1S/C17H23F2NO/c18-13-8-12(9-14(19)10-13)11-20-7-2-1-5-16(20)15-4-3-6-17(15)21/h8-10,15-17,21H,1-7,11H2. The number of benzene rings is 1. The van der Waals surface area contributed by atoms with Crippen LogP contribution >= 0.6 is 0 Å². The molecule has 1 N–H and O–H groups in total. The third-order valence-electron chi connectivity index (χ3n) is 5.00. The van der Waals surface area contributed by atoms with E-state index in [-0.39, 0.29) is 6.10 Å². The fraction of sp³-hybridized carbons (Fsp3) is 0.647. The van der Waals surface area contributed by atoms with E-state index in [9.17, 15) is 13.9 Å². The summed E-state index contributed by atoms with van der Waals surface area (Å²) in [6.07, 6.45) is 6.23. The third kappa shape index (κ3) is 3.43. The van der Waals surface area contributed by atoms with Gasteiger partial charge in [0.25, 0.3) is 0 Å². The van der Waals surface area contributed by atoms with E-state index in [1.54, 1.807) is 0 Å². The van der Waals surface area contributed by atoms with Crippen molar-refractivity contribution in [3.8, 4) is 0 Å². The summed E-state index contributed by atoms with van der Waals surface area (Å²) < 4.78 is 26.7. The minimum atomic E-state index is -0.514. The lowest BCUT2D eigenvalue weighted by Gasteiger charge is -2.40. The van der Waals surface area contributed by atoms with Crippen molar-refractivity contribution in [2.24, 2.45) is 5.92 Å². The van der Waals surface area contributed by atoms with Crippen LogP contribution in [0.3, 0.4) is 0 Å².